The fourth-order valence-electron chi connectivity index (χ4n) is 2.84. The van der Waals surface area contributed by atoms with Crippen LogP contribution in [0.2, 0.25) is 0 Å². The van der Waals surface area contributed by atoms with Crippen molar-refractivity contribution in [1.29, 1.82) is 0 Å². The molecule has 0 bridgehead atoms. The van der Waals surface area contributed by atoms with Crippen LogP contribution in [0, 0.1) is 0 Å². The van der Waals surface area contributed by atoms with Crippen LogP contribution in [0.4, 0.5) is 0 Å². The van der Waals surface area contributed by atoms with Gasteiger partial charge in [0.25, 0.3) is 0 Å². The number of hydrogen-bond donors (Lipinski definition) is 2. The summed E-state index contributed by atoms with van der Waals surface area (Å²) in [4.78, 5) is 4.11. The Balaban J connectivity index is -0.000000335. The molecule has 2 heterocycles. The van der Waals surface area contributed by atoms with Crippen molar-refractivity contribution in [3.8, 4) is 0 Å². The maximum absolute atomic E-state index is 4.94. The van der Waals surface area contributed by atoms with Gasteiger partial charge in [-0.3, -0.25) is 0 Å². The minimum atomic E-state index is 0. The fraction of sp³-hybridized carbons (Fsp3) is 0.909. The summed E-state index contributed by atoms with van der Waals surface area (Å²) in [5, 5.41) is 7.95. The molecule has 0 aromatic rings. The van der Waals surface area contributed by atoms with Gasteiger partial charge in [0, 0.05) is 61.3 Å². The van der Waals surface area contributed by atoms with E-state index in [0.717, 1.165) is 36.4 Å². The van der Waals surface area contributed by atoms with E-state index in [4.69, 9.17) is 24.4 Å². The minimum absolute atomic E-state index is 0. The third-order valence-corrected chi connectivity index (χ3v) is 11.5. The Labute approximate surface area is 222 Å². The SMILES string of the molecule is CCP(CC)CC.CCP(CC)CC.CN1CCCNC1=S.CN1CCCNC1=S.[Pt]. The van der Waals surface area contributed by atoms with Crippen LogP contribution in [-0.4, -0.2) is 97.3 Å². The molecule has 2 aliphatic rings. The molecule has 4 nitrogen and oxygen atoms in total. The van der Waals surface area contributed by atoms with Crippen LogP contribution < -0.4 is 10.6 Å². The van der Waals surface area contributed by atoms with E-state index in [2.05, 4.69) is 62.0 Å². The molecule has 0 aromatic carbocycles. The Morgan fingerprint density at radius 1 is 0.645 bits per heavy atom. The van der Waals surface area contributed by atoms with E-state index in [1.165, 1.54) is 49.8 Å². The molecule has 0 aliphatic carbocycles. The zero-order chi connectivity index (χ0) is 23.4. The molecule has 2 saturated heterocycles. The van der Waals surface area contributed by atoms with Gasteiger partial charge < -0.3 is 20.4 Å². The summed E-state index contributed by atoms with van der Waals surface area (Å²) in [5.41, 5.74) is 0. The second-order valence-electron chi connectivity index (χ2n) is 7.25. The Morgan fingerprint density at radius 2 is 0.903 bits per heavy atom. The fourth-order valence-corrected chi connectivity index (χ4v) is 5.91. The maximum Gasteiger partial charge on any atom is 0.168 e. The number of nitrogens with one attached hydrogen (secondary N) is 2. The molecule has 0 atom stereocenters. The van der Waals surface area contributed by atoms with Crippen molar-refractivity contribution in [2.45, 2.75) is 54.4 Å². The zero-order valence-corrected chi connectivity index (χ0v) is 27.1. The van der Waals surface area contributed by atoms with Crippen molar-refractivity contribution in [3.05, 3.63) is 0 Å². The Morgan fingerprint density at radius 3 is 1.00 bits per heavy atom. The second kappa shape index (κ2) is 25.5. The molecule has 31 heavy (non-hydrogen) atoms. The number of nitrogens with zero attached hydrogens (tertiary/aromatic N) is 2. The predicted octanol–water partition coefficient (Wildman–Crippen LogP) is 5.45. The molecule has 2 rings (SSSR count). The van der Waals surface area contributed by atoms with Crippen LogP contribution >= 0.6 is 40.3 Å². The van der Waals surface area contributed by atoms with Gasteiger partial charge in [0.15, 0.2) is 10.2 Å². The van der Waals surface area contributed by atoms with Gasteiger partial charge in [-0.1, -0.05) is 41.5 Å². The van der Waals surface area contributed by atoms with Gasteiger partial charge in [0.2, 0.25) is 0 Å². The van der Waals surface area contributed by atoms with Gasteiger partial charge in [0.1, 0.15) is 0 Å². The van der Waals surface area contributed by atoms with Gasteiger partial charge in [-0.25, -0.2) is 0 Å². The Hall–Kier alpha value is 0.928. The van der Waals surface area contributed by atoms with Crippen molar-refractivity contribution in [2.75, 3.05) is 77.2 Å². The molecule has 9 heteroatoms. The molecule has 0 unspecified atom stereocenters. The van der Waals surface area contributed by atoms with Crippen molar-refractivity contribution in [3.63, 3.8) is 0 Å². The molecule has 0 radical (unpaired) electrons. The Bertz CT molecular complexity index is 377. The van der Waals surface area contributed by atoms with Crippen LogP contribution in [0.3, 0.4) is 0 Å². The summed E-state index contributed by atoms with van der Waals surface area (Å²) in [7, 11) is 4.91. The van der Waals surface area contributed by atoms with E-state index in [1.807, 2.05) is 14.1 Å². The van der Waals surface area contributed by atoms with E-state index in [-0.39, 0.29) is 21.1 Å². The van der Waals surface area contributed by atoms with Crippen LogP contribution in [-0.2, 0) is 21.1 Å². The molecule has 0 spiro atoms. The second-order valence-corrected chi connectivity index (χ2v) is 14.5. The van der Waals surface area contributed by atoms with E-state index in [0.29, 0.717) is 15.8 Å². The standard InChI is InChI=1S/2C6H15P.2C5H10N2S.Pt/c2*1-4-7(5-2)6-3;2*1-7-4-2-3-6-5(7)8;/h2*4-6H2,1-3H3;2*2-4H2,1H3,(H,6,8);. The normalized spacial score (nSPS) is 15.3. The summed E-state index contributed by atoms with van der Waals surface area (Å²) in [6.45, 7) is 18.0. The molecular weight excluding hydrogens is 641 g/mol. The minimum Gasteiger partial charge on any atom is -0.363 e. The monoisotopic (exact) mass is 691 g/mol. The maximum atomic E-state index is 4.94. The average Bonchev–Trinajstić information content (AvgIpc) is 2.76. The van der Waals surface area contributed by atoms with Gasteiger partial charge in [0.05, 0.1) is 0 Å². The van der Waals surface area contributed by atoms with Crippen molar-refractivity contribution >= 4 is 50.5 Å². The summed E-state index contributed by atoms with van der Waals surface area (Å²) >= 11 is 9.89. The molecule has 2 N–H and O–H groups in total. The van der Waals surface area contributed by atoms with Gasteiger partial charge in [-0.2, -0.15) is 0 Å². The molecular formula is C22H50N4P2PtS2. The van der Waals surface area contributed by atoms with Crippen molar-refractivity contribution < 1.29 is 21.1 Å². The largest absolute Gasteiger partial charge is 0.363 e. The van der Waals surface area contributed by atoms with Gasteiger partial charge >= 0.3 is 0 Å². The van der Waals surface area contributed by atoms with Crippen LogP contribution in [0.1, 0.15) is 54.4 Å². The Kier molecular flexibility index (Phi) is 30.1. The number of thiocarbonyl (C=S) groups is 2. The number of rotatable bonds is 6. The summed E-state index contributed by atoms with van der Waals surface area (Å²) in [6, 6.07) is 0. The van der Waals surface area contributed by atoms with Crippen LogP contribution in [0.15, 0.2) is 0 Å². The van der Waals surface area contributed by atoms with E-state index in [9.17, 15) is 0 Å². The van der Waals surface area contributed by atoms with Gasteiger partial charge in [-0.05, 0) is 74.2 Å². The topological polar surface area (TPSA) is 30.5 Å². The molecule has 0 amide bonds. The number of hydrogen-bond acceptors (Lipinski definition) is 2. The predicted molar refractivity (Wildman–Crippen MR) is 153 cm³/mol. The first kappa shape index (κ1) is 36.5. The van der Waals surface area contributed by atoms with E-state index < -0.39 is 0 Å². The third-order valence-electron chi connectivity index (χ3n) is 5.27. The molecule has 190 valence electrons. The first-order valence-electron chi connectivity index (χ1n) is 11.7. The zero-order valence-electron chi connectivity index (χ0n) is 21.4. The molecule has 0 aromatic heterocycles. The third kappa shape index (κ3) is 21.2. The van der Waals surface area contributed by atoms with Crippen LogP contribution in [0.25, 0.3) is 0 Å². The van der Waals surface area contributed by atoms with Crippen molar-refractivity contribution in [2.24, 2.45) is 0 Å². The van der Waals surface area contributed by atoms with E-state index in [1.54, 1.807) is 0 Å². The van der Waals surface area contributed by atoms with Crippen molar-refractivity contribution in [1.82, 2.24) is 20.4 Å². The van der Waals surface area contributed by atoms with E-state index >= 15 is 0 Å². The summed E-state index contributed by atoms with van der Waals surface area (Å²) in [5.74, 6) is 0. The molecule has 2 aliphatic heterocycles. The molecule has 2 fully saturated rings. The first-order valence-corrected chi connectivity index (χ1v) is 16.3. The smallest absolute Gasteiger partial charge is 0.168 e. The summed E-state index contributed by atoms with van der Waals surface area (Å²) < 4.78 is 0. The van der Waals surface area contributed by atoms with Gasteiger partial charge in [-0.15, -0.1) is 15.8 Å². The summed E-state index contributed by atoms with van der Waals surface area (Å²) in [6.07, 6.45) is 10.9. The molecule has 0 saturated carbocycles. The average molecular weight is 692 g/mol. The quantitative estimate of drug-likeness (QED) is 0.285. The first-order chi connectivity index (χ1) is 14.3. The van der Waals surface area contributed by atoms with Crippen LogP contribution in [0.5, 0.6) is 0 Å².